The number of fused-ring (bicyclic) bond motifs is 12. The Balaban J connectivity index is 1.24. The van der Waals surface area contributed by atoms with Gasteiger partial charge in [0.25, 0.3) is 0 Å². The van der Waals surface area contributed by atoms with Crippen molar-refractivity contribution < 1.29 is 4.42 Å². The van der Waals surface area contributed by atoms with Crippen molar-refractivity contribution >= 4 is 87.5 Å². The van der Waals surface area contributed by atoms with Crippen molar-refractivity contribution in [3.8, 4) is 17.5 Å². The topological polar surface area (TPSA) is 53.7 Å². The lowest BCUT2D eigenvalue weighted by atomic mass is 10.1. The summed E-state index contributed by atoms with van der Waals surface area (Å²) in [5, 5.41) is 8.92. The Morgan fingerprint density at radius 2 is 0.769 bits per heavy atom. The van der Waals surface area contributed by atoms with Crippen LogP contribution in [0.2, 0.25) is 0 Å². The Hall–Kier alpha value is -7.18. The predicted molar refractivity (Wildman–Crippen MR) is 212 cm³/mol. The van der Waals surface area contributed by atoms with Crippen LogP contribution in [0.3, 0.4) is 0 Å². The summed E-state index contributed by atoms with van der Waals surface area (Å²) in [4.78, 5) is 10.8. The minimum Gasteiger partial charge on any atom is -0.437 e. The summed E-state index contributed by atoms with van der Waals surface area (Å²) in [6.45, 7) is 0. The van der Waals surface area contributed by atoms with Crippen LogP contribution in [-0.4, -0.2) is 23.7 Å². The number of furan rings is 1. The van der Waals surface area contributed by atoms with Crippen molar-refractivity contribution in [3.05, 3.63) is 164 Å². The zero-order valence-electron chi connectivity index (χ0n) is 27.7. The molecule has 12 rings (SSSR count). The van der Waals surface area contributed by atoms with Crippen LogP contribution >= 0.6 is 0 Å². The zero-order chi connectivity index (χ0) is 33.9. The van der Waals surface area contributed by atoms with Gasteiger partial charge in [-0.05, 0) is 54.6 Å². The third-order valence-electron chi connectivity index (χ3n) is 10.7. The van der Waals surface area contributed by atoms with E-state index in [1.54, 1.807) is 0 Å². The fourth-order valence-electron chi connectivity index (χ4n) is 8.52. The van der Waals surface area contributed by atoms with E-state index in [0.29, 0.717) is 11.7 Å². The molecule has 0 radical (unpaired) electrons. The van der Waals surface area contributed by atoms with Crippen LogP contribution in [0.1, 0.15) is 0 Å². The first-order valence-corrected chi connectivity index (χ1v) is 17.5. The van der Waals surface area contributed by atoms with E-state index < -0.39 is 0 Å². The molecule has 0 atom stereocenters. The van der Waals surface area contributed by atoms with E-state index in [2.05, 4.69) is 177 Å². The summed E-state index contributed by atoms with van der Waals surface area (Å²) >= 11 is 0. The lowest BCUT2D eigenvalue weighted by molar-refractivity contribution is 0.650. The molecule has 0 N–H and O–H groups in total. The van der Waals surface area contributed by atoms with Gasteiger partial charge in [-0.15, -0.1) is 0 Å². The molecule has 0 saturated carbocycles. The lowest BCUT2D eigenvalue weighted by Crippen LogP contribution is -2.06. The maximum atomic E-state index is 6.74. The highest BCUT2D eigenvalue weighted by atomic mass is 16.3. The van der Waals surface area contributed by atoms with E-state index in [0.717, 1.165) is 71.7 Å². The summed E-state index contributed by atoms with van der Waals surface area (Å²) in [6.07, 6.45) is 0. The van der Waals surface area contributed by atoms with Crippen molar-refractivity contribution in [1.82, 2.24) is 23.7 Å². The first-order chi connectivity index (χ1) is 25.8. The maximum absolute atomic E-state index is 6.74. The van der Waals surface area contributed by atoms with E-state index in [9.17, 15) is 0 Å². The monoisotopic (exact) mass is 665 g/mol. The maximum Gasteiger partial charge on any atom is 0.240 e. The standard InChI is InChI=1S/C46H27N5O/c1-7-19-36-29(13-1)30-14-2-8-20-37(30)49(36)28-25-26-42-35(27-28)43-44(50-38-21-9-3-15-31(38)32-16-4-10-22-39(32)50)47-46(48-45(43)52-42)51-40-23-11-5-17-33(40)34-18-6-12-24-41(34)51/h1-27H. The molecule has 6 heteroatoms. The smallest absolute Gasteiger partial charge is 0.240 e. The molecule has 0 aliphatic carbocycles. The number of aromatic nitrogens is 5. The fourth-order valence-corrected chi connectivity index (χ4v) is 8.52. The minimum absolute atomic E-state index is 0.540. The zero-order valence-corrected chi connectivity index (χ0v) is 27.7. The molecule has 0 bridgehead atoms. The Morgan fingerprint density at radius 1 is 0.365 bits per heavy atom. The summed E-state index contributed by atoms with van der Waals surface area (Å²) < 4.78 is 13.5. The van der Waals surface area contributed by atoms with Gasteiger partial charge in [-0.25, -0.2) is 0 Å². The SMILES string of the molecule is c1ccc2c(c1)c1ccccc1n2-c1ccc2oc3nc(-n4c5ccccc5c5ccccc54)nc(-n4c5ccccc5c5ccccc54)c3c2c1. The average Bonchev–Trinajstić information content (AvgIpc) is 3.94. The molecule has 0 fully saturated rings. The molecule has 0 aliphatic rings. The average molecular weight is 666 g/mol. The second kappa shape index (κ2) is 10.2. The molecule has 0 amide bonds. The van der Waals surface area contributed by atoms with Crippen LogP contribution in [0.15, 0.2) is 168 Å². The van der Waals surface area contributed by atoms with E-state index in [4.69, 9.17) is 14.4 Å². The fraction of sp³-hybridized carbons (Fsp3) is 0. The summed E-state index contributed by atoms with van der Waals surface area (Å²) in [6, 6.07) is 57.7. The summed E-state index contributed by atoms with van der Waals surface area (Å²) in [7, 11) is 0. The van der Waals surface area contributed by atoms with Crippen LogP contribution in [-0.2, 0) is 0 Å². The third-order valence-corrected chi connectivity index (χ3v) is 10.7. The molecule has 0 spiro atoms. The van der Waals surface area contributed by atoms with Crippen molar-refractivity contribution in [2.75, 3.05) is 0 Å². The highest BCUT2D eigenvalue weighted by molar-refractivity contribution is 6.15. The number of nitrogens with zero attached hydrogens (tertiary/aromatic N) is 5. The van der Waals surface area contributed by atoms with Crippen molar-refractivity contribution in [3.63, 3.8) is 0 Å². The molecule has 242 valence electrons. The van der Waals surface area contributed by atoms with Crippen molar-refractivity contribution in [1.29, 1.82) is 0 Å². The van der Waals surface area contributed by atoms with Gasteiger partial charge in [0, 0.05) is 43.4 Å². The van der Waals surface area contributed by atoms with E-state index in [-0.39, 0.29) is 0 Å². The Kier molecular flexibility index (Phi) is 5.41. The summed E-state index contributed by atoms with van der Waals surface area (Å²) in [5.41, 5.74) is 8.89. The van der Waals surface area contributed by atoms with E-state index in [1.165, 1.54) is 21.5 Å². The van der Waals surface area contributed by atoms with E-state index in [1.807, 2.05) is 0 Å². The molecule has 0 saturated heterocycles. The number of hydrogen-bond acceptors (Lipinski definition) is 3. The highest BCUT2D eigenvalue weighted by Gasteiger charge is 2.24. The summed E-state index contributed by atoms with van der Waals surface area (Å²) in [5.74, 6) is 1.33. The van der Waals surface area contributed by atoms with Gasteiger partial charge in [-0.3, -0.25) is 9.13 Å². The molecular weight excluding hydrogens is 639 g/mol. The number of rotatable bonds is 3. The predicted octanol–water partition coefficient (Wildman–Crippen LogP) is 11.7. The molecule has 5 aromatic heterocycles. The third kappa shape index (κ3) is 3.62. The Bertz CT molecular complexity index is 3270. The molecule has 0 unspecified atom stereocenters. The van der Waals surface area contributed by atoms with Crippen LogP contribution in [0.25, 0.3) is 105 Å². The normalized spacial score (nSPS) is 12.2. The van der Waals surface area contributed by atoms with Gasteiger partial charge in [-0.2, -0.15) is 9.97 Å². The molecule has 12 aromatic rings. The van der Waals surface area contributed by atoms with Gasteiger partial charge in [0.15, 0.2) is 5.82 Å². The lowest BCUT2D eigenvalue weighted by Gasteiger charge is -2.12. The Labute approximate surface area is 296 Å². The van der Waals surface area contributed by atoms with Gasteiger partial charge in [0.2, 0.25) is 11.7 Å². The minimum atomic E-state index is 0.540. The second-order valence-electron chi connectivity index (χ2n) is 13.4. The first kappa shape index (κ1) is 27.6. The van der Waals surface area contributed by atoms with Gasteiger partial charge >= 0.3 is 0 Å². The molecule has 6 nitrogen and oxygen atoms in total. The highest BCUT2D eigenvalue weighted by Crippen LogP contribution is 2.40. The molecule has 0 aliphatic heterocycles. The number of benzene rings is 7. The second-order valence-corrected chi connectivity index (χ2v) is 13.4. The van der Waals surface area contributed by atoms with Gasteiger partial charge in [0.05, 0.1) is 38.5 Å². The van der Waals surface area contributed by atoms with Gasteiger partial charge < -0.3 is 8.98 Å². The largest absolute Gasteiger partial charge is 0.437 e. The van der Waals surface area contributed by atoms with Crippen LogP contribution in [0.5, 0.6) is 0 Å². The number of para-hydroxylation sites is 6. The van der Waals surface area contributed by atoms with Crippen molar-refractivity contribution in [2.45, 2.75) is 0 Å². The number of hydrogen-bond donors (Lipinski definition) is 0. The molecule has 52 heavy (non-hydrogen) atoms. The Morgan fingerprint density at radius 3 is 1.23 bits per heavy atom. The quantitative estimate of drug-likeness (QED) is 0.189. The van der Waals surface area contributed by atoms with Crippen molar-refractivity contribution in [2.24, 2.45) is 0 Å². The first-order valence-electron chi connectivity index (χ1n) is 17.5. The van der Waals surface area contributed by atoms with Gasteiger partial charge in [0.1, 0.15) is 5.58 Å². The molecular formula is C46H27N5O. The van der Waals surface area contributed by atoms with E-state index >= 15 is 0 Å². The van der Waals surface area contributed by atoms with Crippen LogP contribution in [0.4, 0.5) is 0 Å². The van der Waals surface area contributed by atoms with Crippen LogP contribution < -0.4 is 0 Å². The molecule has 7 aromatic carbocycles. The molecule has 5 heterocycles. The van der Waals surface area contributed by atoms with Gasteiger partial charge in [-0.1, -0.05) is 109 Å². The van der Waals surface area contributed by atoms with Crippen LogP contribution in [0, 0.1) is 0 Å².